The van der Waals surface area contributed by atoms with Crippen LogP contribution in [0.25, 0.3) is 5.78 Å². The van der Waals surface area contributed by atoms with Crippen LogP contribution in [0.3, 0.4) is 0 Å². The topological polar surface area (TPSA) is 63.3 Å². The Kier molecular flexibility index (Phi) is 2.56. The zero-order valence-electron chi connectivity index (χ0n) is 9.59. The molecule has 6 heteroatoms. The van der Waals surface area contributed by atoms with E-state index in [1.54, 1.807) is 11.4 Å². The van der Waals surface area contributed by atoms with Crippen LogP contribution in [0.1, 0.15) is 43.0 Å². The second-order valence-corrected chi connectivity index (χ2v) is 4.85. The Morgan fingerprint density at radius 3 is 2.82 bits per heavy atom. The minimum Gasteiger partial charge on any atom is -0.385 e. The number of nitrogens with zero attached hydrogens (tertiary/aromatic N) is 4. The van der Waals surface area contributed by atoms with E-state index >= 15 is 0 Å². The standard InChI is InChI=1S/C11H14N4OS/c1-6(16)9-13-11-12-8-5-3-2-4-7(8)10(17)15(11)14-9/h6,16-17H,2-5H2,1H3. The first-order chi connectivity index (χ1) is 8.16. The normalized spacial score (nSPS) is 17.1. The van der Waals surface area contributed by atoms with Gasteiger partial charge in [0.25, 0.3) is 5.78 Å². The van der Waals surface area contributed by atoms with Crippen molar-refractivity contribution in [1.29, 1.82) is 0 Å². The molecule has 0 radical (unpaired) electrons. The van der Waals surface area contributed by atoms with Gasteiger partial charge in [-0.1, -0.05) is 0 Å². The summed E-state index contributed by atoms with van der Waals surface area (Å²) in [7, 11) is 0. The molecule has 17 heavy (non-hydrogen) atoms. The van der Waals surface area contributed by atoms with Crippen LogP contribution in [0.5, 0.6) is 0 Å². The van der Waals surface area contributed by atoms with Crippen molar-refractivity contribution >= 4 is 18.4 Å². The van der Waals surface area contributed by atoms with Crippen molar-refractivity contribution in [3.8, 4) is 0 Å². The number of hydrogen-bond acceptors (Lipinski definition) is 5. The number of aromatic nitrogens is 4. The average molecular weight is 250 g/mol. The van der Waals surface area contributed by atoms with Crippen LogP contribution >= 0.6 is 12.6 Å². The maximum atomic E-state index is 9.49. The summed E-state index contributed by atoms with van der Waals surface area (Å²) in [6.45, 7) is 1.65. The molecule has 1 N–H and O–H groups in total. The molecule has 1 aliphatic rings. The van der Waals surface area contributed by atoms with Gasteiger partial charge in [0.15, 0.2) is 5.82 Å². The molecular formula is C11H14N4OS. The van der Waals surface area contributed by atoms with Crippen LogP contribution in [-0.2, 0) is 12.8 Å². The molecule has 0 amide bonds. The number of hydrogen-bond donors (Lipinski definition) is 2. The molecule has 0 aliphatic heterocycles. The van der Waals surface area contributed by atoms with Gasteiger partial charge in [-0.05, 0) is 32.6 Å². The number of aliphatic hydroxyl groups excluding tert-OH is 1. The molecule has 2 aromatic rings. The van der Waals surface area contributed by atoms with Crippen molar-refractivity contribution in [1.82, 2.24) is 19.6 Å². The number of aryl methyl sites for hydroxylation is 1. The van der Waals surface area contributed by atoms with Crippen LogP contribution in [0.2, 0.25) is 0 Å². The highest BCUT2D eigenvalue weighted by Gasteiger charge is 2.19. The molecule has 0 fully saturated rings. The van der Waals surface area contributed by atoms with Gasteiger partial charge in [-0.2, -0.15) is 9.50 Å². The van der Waals surface area contributed by atoms with E-state index < -0.39 is 6.10 Å². The SMILES string of the molecule is CC(O)c1nc2nc3c(c(S)n2n1)CCCC3. The molecule has 2 heterocycles. The highest BCUT2D eigenvalue weighted by atomic mass is 32.1. The van der Waals surface area contributed by atoms with Gasteiger partial charge in [-0.25, -0.2) is 4.98 Å². The Labute approximate surface area is 104 Å². The molecule has 0 spiro atoms. The van der Waals surface area contributed by atoms with Gasteiger partial charge in [0.2, 0.25) is 0 Å². The van der Waals surface area contributed by atoms with E-state index in [4.69, 9.17) is 0 Å². The molecule has 90 valence electrons. The molecule has 0 aromatic carbocycles. The fourth-order valence-corrected chi connectivity index (χ4v) is 2.59. The van der Waals surface area contributed by atoms with Gasteiger partial charge in [-0.15, -0.1) is 17.7 Å². The van der Waals surface area contributed by atoms with E-state index in [0.717, 1.165) is 23.6 Å². The minimum atomic E-state index is -0.679. The van der Waals surface area contributed by atoms with Crippen LogP contribution in [-0.4, -0.2) is 24.7 Å². The Morgan fingerprint density at radius 2 is 2.06 bits per heavy atom. The largest absolute Gasteiger partial charge is 0.385 e. The predicted molar refractivity (Wildman–Crippen MR) is 65.3 cm³/mol. The molecule has 1 unspecified atom stereocenters. The molecular weight excluding hydrogens is 236 g/mol. The lowest BCUT2D eigenvalue weighted by Gasteiger charge is -2.16. The monoisotopic (exact) mass is 250 g/mol. The summed E-state index contributed by atoms with van der Waals surface area (Å²) in [5.41, 5.74) is 2.26. The molecule has 0 saturated heterocycles. The van der Waals surface area contributed by atoms with Crippen LogP contribution in [0.4, 0.5) is 0 Å². The summed E-state index contributed by atoms with van der Waals surface area (Å²) in [5.74, 6) is 0.932. The Bertz CT molecular complexity index is 578. The summed E-state index contributed by atoms with van der Waals surface area (Å²) in [6.07, 6.45) is 3.64. The van der Waals surface area contributed by atoms with E-state index in [0.29, 0.717) is 11.6 Å². The van der Waals surface area contributed by atoms with E-state index in [-0.39, 0.29) is 0 Å². The van der Waals surface area contributed by atoms with Gasteiger partial charge in [0.05, 0.1) is 5.69 Å². The van der Waals surface area contributed by atoms with Gasteiger partial charge < -0.3 is 5.11 Å². The van der Waals surface area contributed by atoms with Crippen LogP contribution in [0.15, 0.2) is 5.03 Å². The zero-order chi connectivity index (χ0) is 12.0. The molecule has 0 saturated carbocycles. The molecule has 1 atom stereocenters. The third kappa shape index (κ3) is 1.71. The van der Waals surface area contributed by atoms with Crippen molar-refractivity contribution in [3.63, 3.8) is 0 Å². The maximum absolute atomic E-state index is 9.49. The van der Waals surface area contributed by atoms with Crippen LogP contribution < -0.4 is 0 Å². The van der Waals surface area contributed by atoms with Crippen molar-refractivity contribution in [2.45, 2.75) is 43.7 Å². The molecule has 2 aromatic heterocycles. The summed E-state index contributed by atoms with van der Waals surface area (Å²) in [5, 5.41) is 14.5. The van der Waals surface area contributed by atoms with Gasteiger partial charge in [0.1, 0.15) is 11.1 Å². The van der Waals surface area contributed by atoms with E-state index in [2.05, 4.69) is 27.7 Å². The highest BCUT2D eigenvalue weighted by molar-refractivity contribution is 7.80. The van der Waals surface area contributed by atoms with E-state index in [9.17, 15) is 5.11 Å². The van der Waals surface area contributed by atoms with Crippen molar-refractivity contribution < 1.29 is 5.11 Å². The molecule has 5 nitrogen and oxygen atoms in total. The summed E-state index contributed by atoms with van der Waals surface area (Å²) >= 11 is 4.52. The number of rotatable bonds is 1. The quantitative estimate of drug-likeness (QED) is 0.592. The number of aliphatic hydroxyl groups is 1. The van der Waals surface area contributed by atoms with Crippen LogP contribution in [0, 0.1) is 0 Å². The lowest BCUT2D eigenvalue weighted by molar-refractivity contribution is 0.189. The summed E-state index contributed by atoms with van der Waals surface area (Å²) in [4.78, 5) is 8.73. The second-order valence-electron chi connectivity index (χ2n) is 4.43. The Balaban J connectivity index is 2.25. The fourth-order valence-electron chi connectivity index (χ4n) is 2.21. The summed E-state index contributed by atoms with van der Waals surface area (Å²) < 4.78 is 1.62. The lowest BCUT2D eigenvalue weighted by atomic mass is 9.97. The number of fused-ring (bicyclic) bond motifs is 2. The van der Waals surface area contributed by atoms with Gasteiger partial charge in [-0.3, -0.25) is 0 Å². The number of thiol groups is 1. The first-order valence-corrected chi connectivity index (χ1v) is 6.27. The fraction of sp³-hybridized carbons (Fsp3) is 0.545. The first kappa shape index (κ1) is 11.0. The Hall–Kier alpha value is -1.14. The van der Waals surface area contributed by atoms with Gasteiger partial charge in [0, 0.05) is 5.56 Å². The van der Waals surface area contributed by atoms with Crippen molar-refractivity contribution in [2.75, 3.05) is 0 Å². The predicted octanol–water partition coefficient (Wildman–Crippen LogP) is 1.35. The lowest BCUT2D eigenvalue weighted by Crippen LogP contribution is -2.10. The van der Waals surface area contributed by atoms with E-state index in [1.807, 2.05) is 0 Å². The smallest absolute Gasteiger partial charge is 0.253 e. The highest BCUT2D eigenvalue weighted by Crippen LogP contribution is 2.26. The maximum Gasteiger partial charge on any atom is 0.253 e. The average Bonchev–Trinajstić information content (AvgIpc) is 2.74. The summed E-state index contributed by atoms with van der Waals surface area (Å²) in [6, 6.07) is 0. The van der Waals surface area contributed by atoms with Gasteiger partial charge >= 0.3 is 0 Å². The molecule has 1 aliphatic carbocycles. The zero-order valence-corrected chi connectivity index (χ0v) is 10.5. The van der Waals surface area contributed by atoms with Crippen molar-refractivity contribution in [3.05, 3.63) is 17.1 Å². The van der Waals surface area contributed by atoms with E-state index in [1.165, 1.54) is 18.4 Å². The Morgan fingerprint density at radius 1 is 1.29 bits per heavy atom. The molecule has 3 rings (SSSR count). The molecule has 0 bridgehead atoms. The first-order valence-electron chi connectivity index (χ1n) is 5.82. The third-order valence-corrected chi connectivity index (χ3v) is 3.58. The third-order valence-electron chi connectivity index (χ3n) is 3.12. The second kappa shape index (κ2) is 3.96. The minimum absolute atomic E-state index is 0.398. The van der Waals surface area contributed by atoms with Crippen molar-refractivity contribution in [2.24, 2.45) is 0 Å².